The zero-order valence-corrected chi connectivity index (χ0v) is 39.2. The van der Waals surface area contributed by atoms with Gasteiger partial charge in [0.1, 0.15) is 30.5 Å². The van der Waals surface area contributed by atoms with Crippen LogP contribution < -0.4 is 0 Å². The minimum absolute atomic E-state index is 0.00478. The van der Waals surface area contributed by atoms with Gasteiger partial charge in [-0.15, -0.1) is 13.2 Å². The average Bonchev–Trinajstić information content (AvgIpc) is 3.38. The van der Waals surface area contributed by atoms with Crippen LogP contribution in [0.15, 0.2) is 147 Å². The van der Waals surface area contributed by atoms with Crippen LogP contribution in [0, 0.1) is 0 Å². The molecule has 0 radical (unpaired) electrons. The average molecular weight is 967 g/mol. The number of hydrogen-bond acceptors (Lipinski definition) is 17. The number of rotatable bonds is 19. The Balaban J connectivity index is 1.26. The van der Waals surface area contributed by atoms with Gasteiger partial charge in [0.15, 0.2) is 43.3 Å². The van der Waals surface area contributed by atoms with Crippen LogP contribution in [-0.4, -0.2) is 141 Å². The van der Waals surface area contributed by atoms with Gasteiger partial charge in [-0.3, -0.25) is 0 Å². The Bertz CT molecular complexity index is 2330. The van der Waals surface area contributed by atoms with Crippen molar-refractivity contribution >= 4 is 23.9 Å². The van der Waals surface area contributed by atoms with Crippen molar-refractivity contribution in [2.24, 2.45) is 0 Å². The molecule has 70 heavy (non-hydrogen) atoms. The lowest BCUT2D eigenvalue weighted by atomic mass is 9.95. The van der Waals surface area contributed by atoms with Crippen molar-refractivity contribution < 1.29 is 81.1 Å². The van der Waals surface area contributed by atoms with Crippen LogP contribution in [0.5, 0.6) is 0 Å². The van der Waals surface area contributed by atoms with Crippen molar-refractivity contribution in [2.45, 2.75) is 113 Å². The van der Waals surface area contributed by atoms with Gasteiger partial charge in [-0.25, -0.2) is 19.2 Å². The van der Waals surface area contributed by atoms with Gasteiger partial charge >= 0.3 is 23.9 Å². The summed E-state index contributed by atoms with van der Waals surface area (Å²) in [7, 11) is 1.35. The van der Waals surface area contributed by atoms with Crippen molar-refractivity contribution in [2.75, 3.05) is 20.3 Å². The second kappa shape index (κ2) is 24.6. The van der Waals surface area contributed by atoms with E-state index < -0.39 is 116 Å². The third-order valence-corrected chi connectivity index (χ3v) is 11.8. The maximum atomic E-state index is 13.9. The SMILES string of the molecule is C=CCO[C@@H]1[C@H](OCC=C)[C@@H](O[C@@H]2[C@H](O[C@H]3O[C@H](C)[C@@H](OC(=O)c4ccccc4)[C@H](O)[C@@H]3OC(=O)c3ccccc3)[C@@H](OC)O[C@H](C)[C@H]2OC(=O)c2ccccc2)O[C@H](C)[C@H]1OC(=O)c1ccccc1. The van der Waals surface area contributed by atoms with Crippen molar-refractivity contribution in [3.05, 3.63) is 169 Å². The van der Waals surface area contributed by atoms with Crippen LogP contribution in [0.3, 0.4) is 0 Å². The summed E-state index contributed by atoms with van der Waals surface area (Å²) in [6.07, 6.45) is -16.5. The lowest BCUT2D eigenvalue weighted by Gasteiger charge is -2.50. The topological polar surface area (TPSA) is 199 Å². The third-order valence-electron chi connectivity index (χ3n) is 11.8. The zero-order valence-electron chi connectivity index (χ0n) is 39.2. The number of carbonyl (C=O) groups excluding carboxylic acids is 4. The summed E-state index contributed by atoms with van der Waals surface area (Å²) < 4.78 is 75.6. The molecule has 1 N–H and O–H groups in total. The second-order valence-electron chi connectivity index (χ2n) is 16.7. The number of carbonyl (C=O) groups is 4. The monoisotopic (exact) mass is 966 g/mol. The number of aliphatic hydroxyl groups is 1. The van der Waals surface area contributed by atoms with Crippen molar-refractivity contribution in [1.29, 1.82) is 0 Å². The highest BCUT2D eigenvalue weighted by Crippen LogP contribution is 2.38. The standard InChI is InChI=1S/C53H58O17/c1-7-29-60-43-40(66-48(56)35-23-15-10-16-24-35)32(4)64-53(45(43)61-30-8-2)69-44-41(67-49(57)36-25-17-11-18-26-36)33(5)62-51(59-6)46(44)70-52-42(68-50(58)37-27-19-12-20-28-37)38(54)39(31(3)63-52)65-47(55)34-21-13-9-14-22-34/h7-28,31-33,38-46,51-54H,1-2,29-30H2,3-6H3/t31-,32-,33-,38+,39-,40-,41-,42+,43+,44+,45+,46+,51+,52-,53-/m1/s1. The highest BCUT2D eigenvalue weighted by molar-refractivity contribution is 5.91. The van der Waals surface area contributed by atoms with Crippen LogP contribution in [0.1, 0.15) is 62.2 Å². The molecule has 4 aromatic rings. The zero-order chi connectivity index (χ0) is 49.7. The van der Waals surface area contributed by atoms with Gasteiger partial charge in [-0.1, -0.05) is 84.9 Å². The van der Waals surface area contributed by atoms with E-state index in [0.717, 1.165) is 0 Å². The first kappa shape index (κ1) is 51.7. The highest BCUT2D eigenvalue weighted by Gasteiger charge is 2.57. The van der Waals surface area contributed by atoms with E-state index in [2.05, 4.69) is 13.2 Å². The molecule has 0 aromatic heterocycles. The van der Waals surface area contributed by atoms with Gasteiger partial charge in [0.25, 0.3) is 0 Å². The van der Waals surface area contributed by atoms with E-state index in [9.17, 15) is 24.3 Å². The maximum Gasteiger partial charge on any atom is 0.338 e. The predicted octanol–water partition coefficient (Wildman–Crippen LogP) is 6.04. The van der Waals surface area contributed by atoms with Gasteiger partial charge in [-0.05, 0) is 69.3 Å². The van der Waals surface area contributed by atoms with Crippen molar-refractivity contribution in [1.82, 2.24) is 0 Å². The molecule has 0 aliphatic carbocycles. The van der Waals surface area contributed by atoms with Crippen molar-refractivity contribution in [3.63, 3.8) is 0 Å². The van der Waals surface area contributed by atoms with E-state index in [0.29, 0.717) is 5.56 Å². The Morgan fingerprint density at radius 1 is 0.457 bits per heavy atom. The number of methoxy groups -OCH3 is 1. The molecule has 7 rings (SSSR count). The molecule has 4 aromatic carbocycles. The molecule has 0 amide bonds. The summed E-state index contributed by atoms with van der Waals surface area (Å²) in [4.78, 5) is 54.6. The fourth-order valence-electron chi connectivity index (χ4n) is 8.36. The molecule has 0 saturated carbocycles. The Kier molecular flexibility index (Phi) is 18.2. The van der Waals surface area contributed by atoms with E-state index in [1.165, 1.54) is 31.4 Å². The number of aliphatic hydroxyl groups excluding tert-OH is 1. The second-order valence-corrected chi connectivity index (χ2v) is 16.7. The van der Waals surface area contributed by atoms with E-state index in [4.69, 9.17) is 56.8 Å². The maximum absolute atomic E-state index is 13.9. The molecule has 0 unspecified atom stereocenters. The number of esters is 4. The summed E-state index contributed by atoms with van der Waals surface area (Å²) >= 11 is 0. The molecular weight excluding hydrogens is 909 g/mol. The Morgan fingerprint density at radius 2 is 0.786 bits per heavy atom. The first-order chi connectivity index (χ1) is 33.9. The fraction of sp³-hybridized carbons (Fsp3) is 0.396. The van der Waals surface area contributed by atoms with Crippen LogP contribution in [-0.2, 0) is 56.8 Å². The van der Waals surface area contributed by atoms with Crippen LogP contribution in [0.4, 0.5) is 0 Å². The number of hydrogen-bond donors (Lipinski definition) is 1. The Morgan fingerprint density at radius 3 is 1.20 bits per heavy atom. The predicted molar refractivity (Wildman–Crippen MR) is 248 cm³/mol. The minimum atomic E-state index is -1.73. The van der Waals surface area contributed by atoms with Gasteiger partial charge in [0, 0.05) is 7.11 Å². The Hall–Kier alpha value is -6.12. The third kappa shape index (κ3) is 12.4. The lowest BCUT2D eigenvalue weighted by Crippen LogP contribution is -2.67. The molecule has 0 bridgehead atoms. The first-order valence-electron chi connectivity index (χ1n) is 22.9. The van der Waals surface area contributed by atoms with E-state index in [1.54, 1.807) is 130 Å². The van der Waals surface area contributed by atoms with Gasteiger partial charge in [0.2, 0.25) is 0 Å². The minimum Gasteiger partial charge on any atom is -0.453 e. The number of ether oxygens (including phenoxy) is 12. The Labute approximate surface area is 406 Å². The van der Waals surface area contributed by atoms with Gasteiger partial charge in [0.05, 0.1) is 53.8 Å². The summed E-state index contributed by atoms with van der Waals surface area (Å²) in [6.45, 7) is 12.4. The molecular formula is C53H58O17. The molecule has 3 aliphatic heterocycles. The molecule has 17 nitrogen and oxygen atoms in total. The molecule has 3 aliphatic rings. The summed E-state index contributed by atoms with van der Waals surface area (Å²) in [5.41, 5.74) is 0.852. The largest absolute Gasteiger partial charge is 0.453 e. The normalized spacial score (nSPS) is 30.8. The van der Waals surface area contributed by atoms with E-state index in [-0.39, 0.29) is 29.9 Å². The summed E-state index contributed by atoms with van der Waals surface area (Å²) in [5.74, 6) is -3.00. The molecule has 3 heterocycles. The van der Waals surface area contributed by atoms with Gasteiger partial charge < -0.3 is 61.9 Å². The molecule has 0 spiro atoms. The highest BCUT2D eigenvalue weighted by atomic mass is 16.8. The summed E-state index contributed by atoms with van der Waals surface area (Å²) in [5, 5.41) is 12.1. The quantitative estimate of drug-likeness (QED) is 0.0647. The van der Waals surface area contributed by atoms with E-state index in [1.807, 2.05) is 0 Å². The number of benzene rings is 4. The smallest absolute Gasteiger partial charge is 0.338 e. The van der Waals surface area contributed by atoms with Crippen LogP contribution >= 0.6 is 0 Å². The molecule has 372 valence electrons. The molecule has 15 atom stereocenters. The molecule has 3 fully saturated rings. The van der Waals surface area contributed by atoms with Gasteiger partial charge in [-0.2, -0.15) is 0 Å². The fourth-order valence-corrected chi connectivity index (χ4v) is 8.36. The van der Waals surface area contributed by atoms with Crippen molar-refractivity contribution in [3.8, 4) is 0 Å². The summed E-state index contributed by atoms with van der Waals surface area (Å²) in [6, 6.07) is 32.8. The molecule has 17 heteroatoms. The molecule has 3 saturated heterocycles. The van der Waals surface area contributed by atoms with Crippen LogP contribution in [0.25, 0.3) is 0 Å². The lowest BCUT2D eigenvalue weighted by molar-refractivity contribution is -0.385. The van der Waals surface area contributed by atoms with E-state index >= 15 is 0 Å². The van der Waals surface area contributed by atoms with Crippen LogP contribution in [0.2, 0.25) is 0 Å². The first-order valence-corrected chi connectivity index (χ1v) is 22.9.